The van der Waals surface area contributed by atoms with E-state index in [1.54, 1.807) is 12.5 Å². The van der Waals surface area contributed by atoms with E-state index in [2.05, 4.69) is 6.58 Å². The van der Waals surface area contributed by atoms with Crippen molar-refractivity contribution in [2.24, 2.45) is 0 Å². The number of rotatable bonds is 4. The summed E-state index contributed by atoms with van der Waals surface area (Å²) in [6, 6.07) is 2.00. The summed E-state index contributed by atoms with van der Waals surface area (Å²) >= 11 is 0. The maximum Gasteiger partial charge on any atom is 0.0934 e. The summed E-state index contributed by atoms with van der Waals surface area (Å²) < 4.78 is 4.92. The first-order valence-electron chi connectivity index (χ1n) is 3.55. The first kappa shape index (κ1) is 7.13. The first-order valence-corrected chi connectivity index (χ1v) is 3.55. The van der Waals surface area contributed by atoms with E-state index in [1.807, 2.05) is 12.1 Å². The molecule has 10 heavy (non-hydrogen) atoms. The molecule has 0 spiro atoms. The smallest absolute Gasteiger partial charge is 0.0934 e. The van der Waals surface area contributed by atoms with Crippen LogP contribution in [0.1, 0.15) is 18.4 Å². The Bertz CT molecular complexity index is 175. The van der Waals surface area contributed by atoms with Crippen LogP contribution in [-0.2, 0) is 6.42 Å². The minimum Gasteiger partial charge on any atom is -0.472 e. The molecule has 0 aromatic carbocycles. The molecule has 54 valence electrons. The Hall–Kier alpha value is -0.980. The fourth-order valence-corrected chi connectivity index (χ4v) is 0.885. The van der Waals surface area contributed by atoms with Gasteiger partial charge in [0.2, 0.25) is 0 Å². The van der Waals surface area contributed by atoms with Crippen molar-refractivity contribution < 1.29 is 4.42 Å². The monoisotopic (exact) mass is 136 g/mol. The lowest BCUT2D eigenvalue weighted by atomic mass is 10.1. The van der Waals surface area contributed by atoms with E-state index < -0.39 is 0 Å². The molecule has 0 amide bonds. The fraction of sp³-hybridized carbons (Fsp3) is 0.333. The molecule has 1 rings (SSSR count). The van der Waals surface area contributed by atoms with Gasteiger partial charge in [-0.2, -0.15) is 0 Å². The van der Waals surface area contributed by atoms with Gasteiger partial charge in [0.15, 0.2) is 0 Å². The van der Waals surface area contributed by atoms with Crippen LogP contribution in [0.15, 0.2) is 35.7 Å². The summed E-state index contributed by atoms with van der Waals surface area (Å²) in [6.07, 6.45) is 8.81. The van der Waals surface area contributed by atoms with Crippen LogP contribution in [0.2, 0.25) is 0 Å². The molecule has 0 bridgehead atoms. The highest BCUT2D eigenvalue weighted by Crippen LogP contribution is 2.04. The van der Waals surface area contributed by atoms with Gasteiger partial charge in [-0.25, -0.2) is 0 Å². The molecule has 0 radical (unpaired) electrons. The predicted molar refractivity (Wildman–Crippen MR) is 41.8 cm³/mol. The minimum absolute atomic E-state index is 1.09. The summed E-state index contributed by atoms with van der Waals surface area (Å²) in [7, 11) is 0. The Morgan fingerprint density at radius 3 is 3.10 bits per heavy atom. The maximum atomic E-state index is 4.92. The molecule has 0 unspecified atom stereocenters. The van der Waals surface area contributed by atoms with Gasteiger partial charge in [-0.1, -0.05) is 6.08 Å². The van der Waals surface area contributed by atoms with Gasteiger partial charge in [0.25, 0.3) is 0 Å². The standard InChI is InChI=1S/C9H12O/c1-2-3-4-5-9-6-7-10-8-9/h2,6-8H,1,3-5H2. The van der Waals surface area contributed by atoms with Crippen LogP contribution in [-0.4, -0.2) is 0 Å². The van der Waals surface area contributed by atoms with Crippen LogP contribution in [0.5, 0.6) is 0 Å². The Kier molecular flexibility index (Phi) is 2.81. The van der Waals surface area contributed by atoms with Crippen LogP contribution in [0, 0.1) is 0 Å². The molecule has 0 aliphatic heterocycles. The molecule has 1 aromatic rings. The zero-order valence-electron chi connectivity index (χ0n) is 6.05. The summed E-state index contributed by atoms with van der Waals surface area (Å²) in [6.45, 7) is 3.66. The molecule has 1 nitrogen and oxygen atoms in total. The zero-order chi connectivity index (χ0) is 7.23. The highest BCUT2D eigenvalue weighted by atomic mass is 16.3. The number of furan rings is 1. The molecule has 0 fully saturated rings. The van der Waals surface area contributed by atoms with Crippen molar-refractivity contribution >= 4 is 0 Å². The summed E-state index contributed by atoms with van der Waals surface area (Å²) in [5.74, 6) is 0. The minimum atomic E-state index is 1.09. The van der Waals surface area contributed by atoms with Crippen molar-refractivity contribution in [2.45, 2.75) is 19.3 Å². The molecule has 1 aromatic heterocycles. The highest BCUT2D eigenvalue weighted by Gasteiger charge is 1.91. The second-order valence-corrected chi connectivity index (χ2v) is 2.31. The molecule has 0 saturated heterocycles. The molecule has 0 atom stereocenters. The van der Waals surface area contributed by atoms with Gasteiger partial charge >= 0.3 is 0 Å². The molecule has 0 N–H and O–H groups in total. The Balaban J connectivity index is 2.21. The van der Waals surface area contributed by atoms with Crippen molar-refractivity contribution in [1.29, 1.82) is 0 Å². The van der Waals surface area contributed by atoms with Gasteiger partial charge in [0.1, 0.15) is 0 Å². The highest BCUT2D eigenvalue weighted by molar-refractivity contribution is 5.05. The lowest BCUT2D eigenvalue weighted by Crippen LogP contribution is -1.78. The van der Waals surface area contributed by atoms with Crippen LogP contribution < -0.4 is 0 Å². The largest absolute Gasteiger partial charge is 0.472 e. The number of aryl methyl sites for hydroxylation is 1. The second kappa shape index (κ2) is 3.94. The third-order valence-electron chi connectivity index (χ3n) is 1.45. The van der Waals surface area contributed by atoms with Crippen LogP contribution in [0.3, 0.4) is 0 Å². The van der Waals surface area contributed by atoms with Crippen molar-refractivity contribution in [3.8, 4) is 0 Å². The van der Waals surface area contributed by atoms with Crippen molar-refractivity contribution in [1.82, 2.24) is 0 Å². The van der Waals surface area contributed by atoms with E-state index in [0.717, 1.165) is 12.8 Å². The third-order valence-corrected chi connectivity index (χ3v) is 1.45. The Labute approximate surface area is 61.4 Å². The third kappa shape index (κ3) is 2.09. The average Bonchev–Trinajstić information content (AvgIpc) is 2.41. The van der Waals surface area contributed by atoms with Crippen LogP contribution in [0.4, 0.5) is 0 Å². The normalized spacial score (nSPS) is 9.60. The predicted octanol–water partition coefficient (Wildman–Crippen LogP) is 2.79. The molecular formula is C9H12O. The van der Waals surface area contributed by atoms with Crippen LogP contribution in [0.25, 0.3) is 0 Å². The Morgan fingerprint density at radius 2 is 2.50 bits per heavy atom. The molecular weight excluding hydrogens is 124 g/mol. The number of allylic oxidation sites excluding steroid dienone is 1. The van der Waals surface area contributed by atoms with E-state index in [9.17, 15) is 0 Å². The van der Waals surface area contributed by atoms with Gasteiger partial charge in [-0.15, -0.1) is 6.58 Å². The van der Waals surface area contributed by atoms with Crippen molar-refractivity contribution in [3.05, 3.63) is 36.8 Å². The zero-order valence-corrected chi connectivity index (χ0v) is 6.05. The average molecular weight is 136 g/mol. The van der Waals surface area contributed by atoms with Gasteiger partial charge in [0, 0.05) is 0 Å². The number of hydrogen-bond donors (Lipinski definition) is 0. The molecule has 1 heterocycles. The summed E-state index contributed by atoms with van der Waals surface area (Å²) in [4.78, 5) is 0. The van der Waals surface area contributed by atoms with Gasteiger partial charge in [0.05, 0.1) is 12.5 Å². The number of hydrogen-bond acceptors (Lipinski definition) is 1. The maximum absolute atomic E-state index is 4.92. The van der Waals surface area contributed by atoms with Gasteiger partial charge in [-0.3, -0.25) is 0 Å². The summed E-state index contributed by atoms with van der Waals surface area (Å²) in [5, 5.41) is 0. The first-order chi connectivity index (χ1) is 4.93. The second-order valence-electron chi connectivity index (χ2n) is 2.31. The molecule has 0 saturated carbocycles. The van der Waals surface area contributed by atoms with E-state index in [1.165, 1.54) is 12.0 Å². The van der Waals surface area contributed by atoms with Gasteiger partial charge in [-0.05, 0) is 30.9 Å². The topological polar surface area (TPSA) is 13.1 Å². The SMILES string of the molecule is C=CCCCc1ccoc1. The van der Waals surface area contributed by atoms with E-state index in [4.69, 9.17) is 4.42 Å². The van der Waals surface area contributed by atoms with Crippen LogP contribution >= 0.6 is 0 Å². The lowest BCUT2D eigenvalue weighted by molar-refractivity contribution is 0.563. The summed E-state index contributed by atoms with van der Waals surface area (Å²) in [5.41, 5.74) is 1.28. The molecule has 0 aliphatic carbocycles. The van der Waals surface area contributed by atoms with E-state index in [-0.39, 0.29) is 0 Å². The molecule has 0 aliphatic rings. The fourth-order valence-electron chi connectivity index (χ4n) is 0.885. The Morgan fingerprint density at radius 1 is 1.60 bits per heavy atom. The quantitative estimate of drug-likeness (QED) is 0.458. The molecule has 1 heteroatoms. The van der Waals surface area contributed by atoms with Crippen molar-refractivity contribution in [2.75, 3.05) is 0 Å². The number of unbranched alkanes of at least 4 members (excludes halogenated alkanes) is 1. The van der Waals surface area contributed by atoms with Crippen molar-refractivity contribution in [3.63, 3.8) is 0 Å². The van der Waals surface area contributed by atoms with E-state index in [0.29, 0.717) is 0 Å². The lowest BCUT2D eigenvalue weighted by Gasteiger charge is -1.90. The van der Waals surface area contributed by atoms with E-state index >= 15 is 0 Å². The van der Waals surface area contributed by atoms with Gasteiger partial charge < -0.3 is 4.42 Å².